The third kappa shape index (κ3) is 2.38. The molecule has 86 valence electrons. The Bertz CT molecular complexity index is 559. The number of carbonyl (C=O) groups excluding carboxylic acids is 1. The molecular formula is C14H10F2O. The summed E-state index contributed by atoms with van der Waals surface area (Å²) in [5.74, 6) is -1.02. The van der Waals surface area contributed by atoms with Gasteiger partial charge in [-0.25, -0.2) is 8.78 Å². The van der Waals surface area contributed by atoms with Gasteiger partial charge < -0.3 is 0 Å². The molecule has 2 rings (SSSR count). The molecule has 2 aromatic carbocycles. The molecular weight excluding hydrogens is 222 g/mol. The highest BCUT2D eigenvalue weighted by atomic mass is 19.1. The van der Waals surface area contributed by atoms with Gasteiger partial charge >= 0.3 is 0 Å². The van der Waals surface area contributed by atoms with Crippen LogP contribution < -0.4 is 0 Å². The highest BCUT2D eigenvalue weighted by Crippen LogP contribution is 2.25. The predicted octanol–water partition coefficient (Wildman–Crippen LogP) is 3.83. The first-order chi connectivity index (χ1) is 8.08. The third-order valence-electron chi connectivity index (χ3n) is 2.52. The van der Waals surface area contributed by atoms with Gasteiger partial charge in [0.25, 0.3) is 0 Å². The third-order valence-corrected chi connectivity index (χ3v) is 2.52. The molecule has 0 amide bonds. The van der Waals surface area contributed by atoms with Crippen LogP contribution in [-0.4, -0.2) is 5.78 Å². The molecule has 0 heterocycles. The van der Waals surface area contributed by atoms with Crippen molar-refractivity contribution in [1.82, 2.24) is 0 Å². The van der Waals surface area contributed by atoms with Crippen LogP contribution in [0.4, 0.5) is 8.78 Å². The Balaban J connectivity index is 2.58. The molecule has 0 radical (unpaired) electrons. The molecule has 0 N–H and O–H groups in total. The quantitative estimate of drug-likeness (QED) is 0.719. The highest BCUT2D eigenvalue weighted by molar-refractivity contribution is 6.00. The molecule has 0 aliphatic carbocycles. The molecule has 17 heavy (non-hydrogen) atoms. The lowest BCUT2D eigenvalue weighted by Gasteiger charge is -2.07. The summed E-state index contributed by atoms with van der Waals surface area (Å²) in [6.45, 7) is 1.38. The number of hydrogen-bond donors (Lipinski definition) is 0. The second kappa shape index (κ2) is 4.45. The molecule has 0 bridgehead atoms. The van der Waals surface area contributed by atoms with E-state index in [9.17, 15) is 13.6 Å². The monoisotopic (exact) mass is 232 g/mol. The van der Waals surface area contributed by atoms with E-state index in [1.54, 1.807) is 12.1 Å². The average molecular weight is 232 g/mol. The van der Waals surface area contributed by atoms with Gasteiger partial charge in [-0.3, -0.25) is 4.79 Å². The Morgan fingerprint density at radius 3 is 2.12 bits per heavy atom. The SMILES string of the molecule is CC(=O)c1cc(F)ccc1-c1ccc(F)cc1. The molecule has 0 spiro atoms. The number of carbonyl (C=O) groups is 1. The second-order valence-electron chi connectivity index (χ2n) is 3.75. The van der Waals surface area contributed by atoms with E-state index in [2.05, 4.69) is 0 Å². The maximum Gasteiger partial charge on any atom is 0.160 e. The lowest BCUT2D eigenvalue weighted by atomic mass is 9.97. The van der Waals surface area contributed by atoms with E-state index in [4.69, 9.17) is 0 Å². The minimum Gasteiger partial charge on any atom is -0.294 e. The van der Waals surface area contributed by atoms with E-state index in [1.165, 1.54) is 37.3 Å². The molecule has 2 aromatic rings. The molecule has 0 saturated heterocycles. The van der Waals surface area contributed by atoms with E-state index in [1.807, 2.05) is 0 Å². The zero-order valence-electron chi connectivity index (χ0n) is 9.21. The summed E-state index contributed by atoms with van der Waals surface area (Å²) in [4.78, 5) is 11.4. The summed E-state index contributed by atoms with van der Waals surface area (Å²) in [6.07, 6.45) is 0. The van der Waals surface area contributed by atoms with Gasteiger partial charge in [0.1, 0.15) is 11.6 Å². The van der Waals surface area contributed by atoms with Crippen molar-refractivity contribution in [3.8, 4) is 11.1 Å². The average Bonchev–Trinajstić information content (AvgIpc) is 2.30. The lowest BCUT2D eigenvalue weighted by Crippen LogP contribution is -1.97. The molecule has 0 aromatic heterocycles. The molecule has 0 saturated carbocycles. The highest BCUT2D eigenvalue weighted by Gasteiger charge is 2.10. The van der Waals surface area contributed by atoms with Crippen molar-refractivity contribution in [2.24, 2.45) is 0 Å². The first kappa shape index (κ1) is 11.5. The van der Waals surface area contributed by atoms with Gasteiger partial charge in [0.2, 0.25) is 0 Å². The van der Waals surface area contributed by atoms with Crippen LogP contribution in [0, 0.1) is 11.6 Å². The van der Waals surface area contributed by atoms with Crippen LogP contribution in [0.5, 0.6) is 0 Å². The molecule has 0 aliphatic rings. The zero-order chi connectivity index (χ0) is 12.4. The fourth-order valence-corrected chi connectivity index (χ4v) is 1.69. The maximum absolute atomic E-state index is 13.1. The van der Waals surface area contributed by atoms with Gasteiger partial charge in [0.05, 0.1) is 0 Å². The van der Waals surface area contributed by atoms with E-state index >= 15 is 0 Å². The molecule has 0 fully saturated rings. The van der Waals surface area contributed by atoms with Gasteiger partial charge in [0.15, 0.2) is 5.78 Å². The van der Waals surface area contributed by atoms with Crippen LogP contribution in [0.15, 0.2) is 42.5 Å². The lowest BCUT2D eigenvalue weighted by molar-refractivity contribution is 0.101. The Hall–Kier alpha value is -2.03. The number of hydrogen-bond acceptors (Lipinski definition) is 1. The van der Waals surface area contributed by atoms with Crippen LogP contribution >= 0.6 is 0 Å². The van der Waals surface area contributed by atoms with Crippen molar-refractivity contribution < 1.29 is 13.6 Å². The topological polar surface area (TPSA) is 17.1 Å². The smallest absolute Gasteiger partial charge is 0.160 e. The summed E-state index contributed by atoms with van der Waals surface area (Å²) in [5.41, 5.74) is 1.60. The summed E-state index contributed by atoms with van der Waals surface area (Å²) >= 11 is 0. The zero-order valence-corrected chi connectivity index (χ0v) is 9.21. The van der Waals surface area contributed by atoms with Gasteiger partial charge in [-0.05, 0) is 42.3 Å². The molecule has 1 nitrogen and oxygen atoms in total. The van der Waals surface area contributed by atoms with Crippen molar-refractivity contribution in [3.05, 3.63) is 59.7 Å². The van der Waals surface area contributed by atoms with Crippen molar-refractivity contribution >= 4 is 5.78 Å². The molecule has 0 aliphatic heterocycles. The molecule has 0 unspecified atom stereocenters. The molecule has 3 heteroatoms. The van der Waals surface area contributed by atoms with Crippen molar-refractivity contribution in [3.63, 3.8) is 0 Å². The Morgan fingerprint density at radius 1 is 0.941 bits per heavy atom. The van der Waals surface area contributed by atoms with Gasteiger partial charge in [-0.15, -0.1) is 0 Å². The number of rotatable bonds is 2. The van der Waals surface area contributed by atoms with Crippen LogP contribution in [0.3, 0.4) is 0 Å². The van der Waals surface area contributed by atoms with Crippen LogP contribution in [0.25, 0.3) is 11.1 Å². The van der Waals surface area contributed by atoms with E-state index < -0.39 is 5.82 Å². The number of benzene rings is 2. The maximum atomic E-state index is 13.1. The summed E-state index contributed by atoms with van der Waals surface area (Å²) in [6, 6.07) is 9.75. The molecule has 0 atom stereocenters. The van der Waals surface area contributed by atoms with Crippen LogP contribution in [0.1, 0.15) is 17.3 Å². The largest absolute Gasteiger partial charge is 0.294 e. The Kier molecular flexibility index (Phi) is 3.00. The first-order valence-corrected chi connectivity index (χ1v) is 5.14. The number of ketones is 1. The van der Waals surface area contributed by atoms with E-state index in [0.717, 1.165) is 0 Å². The fourth-order valence-electron chi connectivity index (χ4n) is 1.69. The Morgan fingerprint density at radius 2 is 1.53 bits per heavy atom. The summed E-state index contributed by atoms with van der Waals surface area (Å²) in [7, 11) is 0. The van der Waals surface area contributed by atoms with E-state index in [-0.39, 0.29) is 11.6 Å². The fraction of sp³-hybridized carbons (Fsp3) is 0.0714. The minimum atomic E-state index is -0.457. The first-order valence-electron chi connectivity index (χ1n) is 5.14. The second-order valence-corrected chi connectivity index (χ2v) is 3.75. The van der Waals surface area contributed by atoms with E-state index in [0.29, 0.717) is 16.7 Å². The van der Waals surface area contributed by atoms with Crippen LogP contribution in [-0.2, 0) is 0 Å². The summed E-state index contributed by atoms with van der Waals surface area (Å²) in [5, 5.41) is 0. The standard InChI is InChI=1S/C14H10F2O/c1-9(17)14-8-12(16)6-7-13(14)10-2-4-11(15)5-3-10/h2-8H,1H3. The van der Waals surface area contributed by atoms with Crippen molar-refractivity contribution in [2.75, 3.05) is 0 Å². The minimum absolute atomic E-state index is 0.219. The summed E-state index contributed by atoms with van der Waals surface area (Å²) < 4.78 is 25.9. The van der Waals surface area contributed by atoms with Gasteiger partial charge in [-0.1, -0.05) is 18.2 Å². The Labute approximate surface area is 97.7 Å². The van der Waals surface area contributed by atoms with Crippen molar-refractivity contribution in [2.45, 2.75) is 6.92 Å². The predicted molar refractivity (Wildman–Crippen MR) is 61.8 cm³/mol. The number of Topliss-reactive ketones (excluding diaryl/α,β-unsaturated/α-hetero) is 1. The number of halogens is 2. The van der Waals surface area contributed by atoms with Crippen LogP contribution in [0.2, 0.25) is 0 Å². The van der Waals surface area contributed by atoms with Gasteiger partial charge in [0, 0.05) is 5.56 Å². The van der Waals surface area contributed by atoms with Crippen molar-refractivity contribution in [1.29, 1.82) is 0 Å². The normalized spacial score (nSPS) is 10.3. The van der Waals surface area contributed by atoms with Gasteiger partial charge in [-0.2, -0.15) is 0 Å².